The third kappa shape index (κ3) is 3.62. The molecule has 3 aromatic carbocycles. The molecule has 5 rings (SSSR count). The molecule has 0 unspecified atom stereocenters. The molecule has 1 aliphatic heterocycles. The average Bonchev–Trinajstić information content (AvgIpc) is 3.18. The van der Waals surface area contributed by atoms with Crippen LogP contribution in [-0.4, -0.2) is 25.9 Å². The molecule has 0 bridgehead atoms. The number of aryl methyl sites for hydroxylation is 2. The molecule has 1 N–H and O–H groups in total. The molecular formula is C24H21N3O4S. The zero-order valence-electron chi connectivity index (χ0n) is 17.4. The number of hydrogen-bond donors (Lipinski definition) is 1. The van der Waals surface area contributed by atoms with Gasteiger partial charge in [-0.3, -0.25) is 9.10 Å². The second-order valence-electron chi connectivity index (χ2n) is 7.70. The molecule has 4 aromatic rings. The van der Waals surface area contributed by atoms with Crippen LogP contribution in [0.25, 0.3) is 11.1 Å². The van der Waals surface area contributed by atoms with Crippen LogP contribution < -0.4 is 9.62 Å². The Labute approximate surface area is 185 Å². The molecule has 32 heavy (non-hydrogen) atoms. The third-order valence-corrected chi connectivity index (χ3v) is 7.35. The van der Waals surface area contributed by atoms with E-state index in [0.717, 1.165) is 24.1 Å². The number of fused-ring (bicyclic) bond motifs is 2. The van der Waals surface area contributed by atoms with Crippen LogP contribution in [0, 0.1) is 6.92 Å². The molecule has 0 atom stereocenters. The molecule has 2 heterocycles. The van der Waals surface area contributed by atoms with Gasteiger partial charge in [0.1, 0.15) is 5.52 Å². The number of hydrogen-bond acceptors (Lipinski definition) is 5. The van der Waals surface area contributed by atoms with Crippen LogP contribution in [0.3, 0.4) is 0 Å². The van der Waals surface area contributed by atoms with Gasteiger partial charge in [-0.2, -0.15) is 0 Å². The number of rotatable bonds is 4. The van der Waals surface area contributed by atoms with Crippen LogP contribution in [0.5, 0.6) is 0 Å². The smallest absolute Gasteiger partial charge is 0.264 e. The van der Waals surface area contributed by atoms with Crippen molar-refractivity contribution in [3.63, 3.8) is 0 Å². The second kappa shape index (κ2) is 7.80. The van der Waals surface area contributed by atoms with Gasteiger partial charge in [0.15, 0.2) is 11.5 Å². The van der Waals surface area contributed by atoms with Crippen molar-refractivity contribution in [1.82, 2.24) is 4.98 Å². The average molecular weight is 448 g/mol. The third-order valence-electron chi connectivity index (χ3n) is 5.52. The molecule has 1 aliphatic rings. The molecule has 8 heteroatoms. The molecule has 0 aliphatic carbocycles. The summed E-state index contributed by atoms with van der Waals surface area (Å²) in [6.45, 7) is 2.20. The predicted octanol–water partition coefficient (Wildman–Crippen LogP) is 4.53. The summed E-state index contributed by atoms with van der Waals surface area (Å²) in [5.41, 5.74) is 3.99. The molecule has 162 valence electrons. The highest BCUT2D eigenvalue weighted by atomic mass is 32.2. The number of benzene rings is 3. The van der Waals surface area contributed by atoms with Gasteiger partial charge in [0, 0.05) is 24.7 Å². The quantitative estimate of drug-likeness (QED) is 0.496. The van der Waals surface area contributed by atoms with Crippen molar-refractivity contribution >= 4 is 38.4 Å². The van der Waals surface area contributed by atoms with Crippen molar-refractivity contribution in [3.05, 3.63) is 83.7 Å². The number of amides is 1. The first-order valence-electron chi connectivity index (χ1n) is 10.3. The minimum absolute atomic E-state index is 0.158. The summed E-state index contributed by atoms with van der Waals surface area (Å²) in [5.74, 6) is 0.216. The Morgan fingerprint density at radius 1 is 1.06 bits per heavy atom. The zero-order chi connectivity index (χ0) is 22.3. The molecule has 0 fully saturated rings. The van der Waals surface area contributed by atoms with Crippen LogP contribution in [0.4, 0.5) is 11.4 Å². The van der Waals surface area contributed by atoms with E-state index in [1.54, 1.807) is 25.1 Å². The Balaban J connectivity index is 1.37. The Kier molecular flexibility index (Phi) is 4.94. The number of nitrogens with one attached hydrogen (secondary N) is 1. The summed E-state index contributed by atoms with van der Waals surface area (Å²) in [5, 5.41) is 2.81. The predicted molar refractivity (Wildman–Crippen MR) is 122 cm³/mol. The number of sulfonamides is 1. The van der Waals surface area contributed by atoms with Crippen LogP contribution in [0.1, 0.15) is 28.2 Å². The Bertz CT molecular complexity index is 1430. The number of oxazole rings is 1. The molecule has 1 aromatic heterocycles. The lowest BCUT2D eigenvalue weighted by molar-refractivity contribution is 0.102. The van der Waals surface area contributed by atoms with Crippen molar-refractivity contribution in [1.29, 1.82) is 0 Å². The molecule has 0 spiro atoms. The zero-order valence-corrected chi connectivity index (χ0v) is 18.2. The van der Waals surface area contributed by atoms with E-state index in [2.05, 4.69) is 10.3 Å². The maximum atomic E-state index is 13.3. The summed E-state index contributed by atoms with van der Waals surface area (Å²) in [6, 6.07) is 18.8. The Morgan fingerprint density at radius 2 is 1.84 bits per heavy atom. The van der Waals surface area contributed by atoms with Crippen molar-refractivity contribution in [2.24, 2.45) is 0 Å². The van der Waals surface area contributed by atoms with Crippen LogP contribution in [0.2, 0.25) is 0 Å². The fourth-order valence-electron chi connectivity index (χ4n) is 3.98. The summed E-state index contributed by atoms with van der Waals surface area (Å²) in [7, 11) is -3.72. The standard InChI is InChI=1S/C24H21N3O4S/c1-16-25-21-15-19(10-13-23(21)31-16)26-24(28)18-8-11-20(12-9-18)32(29,30)27-14-4-6-17-5-2-3-7-22(17)27/h2-3,5,7-13,15H,4,6,14H2,1H3,(H,26,28). The molecule has 0 saturated heterocycles. The highest BCUT2D eigenvalue weighted by Gasteiger charge is 2.29. The minimum atomic E-state index is -3.72. The van der Waals surface area contributed by atoms with Gasteiger partial charge in [-0.1, -0.05) is 18.2 Å². The topological polar surface area (TPSA) is 92.5 Å². The summed E-state index contributed by atoms with van der Waals surface area (Å²) < 4.78 is 33.4. The lowest BCUT2D eigenvalue weighted by atomic mass is 10.0. The van der Waals surface area contributed by atoms with E-state index < -0.39 is 10.0 Å². The molecule has 1 amide bonds. The molecule has 0 saturated carbocycles. The highest BCUT2D eigenvalue weighted by molar-refractivity contribution is 7.92. The SMILES string of the molecule is Cc1nc2cc(NC(=O)c3ccc(S(=O)(=O)N4CCCc5ccccc54)cc3)ccc2o1. The molecular weight excluding hydrogens is 426 g/mol. The minimum Gasteiger partial charge on any atom is -0.441 e. The largest absolute Gasteiger partial charge is 0.441 e. The summed E-state index contributed by atoms with van der Waals surface area (Å²) in [6.07, 6.45) is 1.63. The van der Waals surface area contributed by atoms with E-state index in [1.807, 2.05) is 24.3 Å². The van der Waals surface area contributed by atoms with Crippen molar-refractivity contribution in [2.75, 3.05) is 16.2 Å². The maximum Gasteiger partial charge on any atom is 0.264 e. The normalized spacial score (nSPS) is 13.7. The van der Waals surface area contributed by atoms with Gasteiger partial charge in [0.2, 0.25) is 0 Å². The van der Waals surface area contributed by atoms with Gasteiger partial charge in [0.05, 0.1) is 10.6 Å². The number of carbonyl (C=O) groups is 1. The lowest BCUT2D eigenvalue weighted by Gasteiger charge is -2.30. The van der Waals surface area contributed by atoms with Crippen molar-refractivity contribution < 1.29 is 17.6 Å². The van der Waals surface area contributed by atoms with E-state index >= 15 is 0 Å². The van der Waals surface area contributed by atoms with Gasteiger partial charge in [-0.05, 0) is 66.9 Å². The number of carbonyl (C=O) groups excluding carboxylic acids is 1. The fraction of sp³-hybridized carbons (Fsp3) is 0.167. The van der Waals surface area contributed by atoms with E-state index in [0.29, 0.717) is 34.8 Å². The number of para-hydroxylation sites is 1. The van der Waals surface area contributed by atoms with Crippen LogP contribution >= 0.6 is 0 Å². The molecule has 0 radical (unpaired) electrons. The van der Waals surface area contributed by atoms with E-state index in [4.69, 9.17) is 4.42 Å². The highest BCUT2D eigenvalue weighted by Crippen LogP contribution is 2.32. The fourth-order valence-corrected chi connectivity index (χ4v) is 5.52. The van der Waals surface area contributed by atoms with Gasteiger partial charge >= 0.3 is 0 Å². The first kappa shape index (κ1) is 20.3. The first-order chi connectivity index (χ1) is 15.4. The van der Waals surface area contributed by atoms with Crippen molar-refractivity contribution in [2.45, 2.75) is 24.7 Å². The maximum absolute atomic E-state index is 13.3. The summed E-state index contributed by atoms with van der Waals surface area (Å²) in [4.78, 5) is 17.1. The Morgan fingerprint density at radius 3 is 2.66 bits per heavy atom. The second-order valence-corrected chi connectivity index (χ2v) is 9.57. The number of anilines is 2. The van der Waals surface area contributed by atoms with E-state index in [9.17, 15) is 13.2 Å². The van der Waals surface area contributed by atoms with Gasteiger partial charge < -0.3 is 9.73 Å². The van der Waals surface area contributed by atoms with E-state index in [-0.39, 0.29) is 10.8 Å². The van der Waals surface area contributed by atoms with Crippen LogP contribution in [-0.2, 0) is 16.4 Å². The van der Waals surface area contributed by atoms with Gasteiger partial charge in [0.25, 0.3) is 15.9 Å². The lowest BCUT2D eigenvalue weighted by Crippen LogP contribution is -2.35. The number of aromatic nitrogens is 1. The number of nitrogens with zero attached hydrogens (tertiary/aromatic N) is 2. The van der Waals surface area contributed by atoms with Gasteiger partial charge in [-0.25, -0.2) is 13.4 Å². The Hall–Kier alpha value is -3.65. The molecule has 7 nitrogen and oxygen atoms in total. The monoisotopic (exact) mass is 447 g/mol. The van der Waals surface area contributed by atoms with Gasteiger partial charge in [-0.15, -0.1) is 0 Å². The van der Waals surface area contributed by atoms with Crippen molar-refractivity contribution in [3.8, 4) is 0 Å². The first-order valence-corrected chi connectivity index (χ1v) is 11.7. The van der Waals surface area contributed by atoms with Crippen LogP contribution in [0.15, 0.2) is 76.0 Å². The van der Waals surface area contributed by atoms with E-state index in [1.165, 1.54) is 28.6 Å². The summed E-state index contributed by atoms with van der Waals surface area (Å²) >= 11 is 0.